The van der Waals surface area contributed by atoms with Crippen LogP contribution in [0.4, 0.5) is 0 Å². The number of hydrogen-bond donors (Lipinski definition) is 1. The Labute approximate surface area is 125 Å². The van der Waals surface area contributed by atoms with Gasteiger partial charge in [0.25, 0.3) is 0 Å². The van der Waals surface area contributed by atoms with Gasteiger partial charge in [-0.1, -0.05) is 6.92 Å². The molecule has 0 aliphatic carbocycles. The van der Waals surface area contributed by atoms with Crippen LogP contribution in [0.2, 0.25) is 0 Å². The van der Waals surface area contributed by atoms with Gasteiger partial charge >= 0.3 is 0 Å². The highest BCUT2D eigenvalue weighted by atomic mass is 32.2. The number of thiophene rings is 1. The highest BCUT2D eigenvalue weighted by Gasteiger charge is 2.27. The number of likely N-dealkylation sites (tertiary alicyclic amines) is 1. The van der Waals surface area contributed by atoms with Gasteiger partial charge in [-0.3, -0.25) is 4.90 Å². The van der Waals surface area contributed by atoms with E-state index < -0.39 is 0 Å². The summed E-state index contributed by atoms with van der Waals surface area (Å²) in [6, 6.07) is 3.56. The molecule has 0 spiro atoms. The molecule has 1 N–H and O–H groups in total. The van der Waals surface area contributed by atoms with E-state index in [9.17, 15) is 0 Å². The van der Waals surface area contributed by atoms with Crippen LogP contribution in [0.15, 0.2) is 15.7 Å². The maximum Gasteiger partial charge on any atom is 0.0649 e. The summed E-state index contributed by atoms with van der Waals surface area (Å²) in [4.78, 5) is 2.63. The first-order valence-electron chi connectivity index (χ1n) is 7.45. The molecule has 4 heteroatoms. The van der Waals surface area contributed by atoms with Gasteiger partial charge in [0.05, 0.1) is 4.21 Å². The van der Waals surface area contributed by atoms with E-state index in [1.807, 2.05) is 23.1 Å². The quantitative estimate of drug-likeness (QED) is 0.911. The lowest BCUT2D eigenvalue weighted by atomic mass is 10.0. The zero-order valence-corrected chi connectivity index (χ0v) is 13.5. The Balaban J connectivity index is 1.58. The van der Waals surface area contributed by atoms with Crippen molar-refractivity contribution in [2.45, 2.75) is 54.7 Å². The zero-order valence-electron chi connectivity index (χ0n) is 11.9. The molecule has 3 rings (SSSR count). The van der Waals surface area contributed by atoms with Crippen molar-refractivity contribution in [1.82, 2.24) is 10.2 Å². The normalized spacial score (nSPS) is 29.4. The molecule has 1 fully saturated rings. The van der Waals surface area contributed by atoms with Crippen LogP contribution in [0.1, 0.15) is 44.7 Å². The Bertz CT molecular complexity index is 412. The minimum absolute atomic E-state index is 0.572. The van der Waals surface area contributed by atoms with Crippen LogP contribution in [-0.4, -0.2) is 35.8 Å². The van der Waals surface area contributed by atoms with Gasteiger partial charge in [-0.15, -0.1) is 23.1 Å². The maximum atomic E-state index is 3.82. The first kappa shape index (κ1) is 13.9. The minimum Gasteiger partial charge on any atom is -0.308 e. The average molecular weight is 297 g/mol. The molecule has 0 amide bonds. The van der Waals surface area contributed by atoms with Crippen LogP contribution in [0, 0.1) is 0 Å². The van der Waals surface area contributed by atoms with Crippen LogP contribution in [0.3, 0.4) is 0 Å². The second-order valence-corrected chi connectivity index (χ2v) is 8.50. The van der Waals surface area contributed by atoms with Gasteiger partial charge in [0.15, 0.2) is 0 Å². The van der Waals surface area contributed by atoms with E-state index in [-0.39, 0.29) is 0 Å². The molecule has 0 aromatic carbocycles. The molecular formula is C15H24N2S2. The van der Waals surface area contributed by atoms with Crippen molar-refractivity contribution >= 4 is 23.1 Å². The third-order valence-electron chi connectivity index (χ3n) is 4.33. The maximum absolute atomic E-state index is 3.82. The highest BCUT2D eigenvalue weighted by molar-refractivity contribution is 8.01. The molecule has 1 saturated heterocycles. The lowest BCUT2D eigenvalue weighted by Gasteiger charge is -2.31. The zero-order chi connectivity index (χ0) is 13.2. The fraction of sp³-hybridized carbons (Fsp3) is 0.733. The van der Waals surface area contributed by atoms with Gasteiger partial charge in [-0.05, 0) is 56.3 Å². The average Bonchev–Trinajstić information content (AvgIpc) is 3.05. The SMILES string of the molecule is CC(CNC1C[C@H](C)Sc2sccc21)N1CCCC1. The third-order valence-corrected chi connectivity index (χ3v) is 6.68. The van der Waals surface area contributed by atoms with Crippen molar-refractivity contribution in [2.24, 2.45) is 0 Å². The fourth-order valence-corrected chi connectivity index (χ4v) is 5.73. The van der Waals surface area contributed by atoms with E-state index in [2.05, 4.69) is 35.5 Å². The van der Waals surface area contributed by atoms with Crippen LogP contribution in [0.5, 0.6) is 0 Å². The van der Waals surface area contributed by atoms with Gasteiger partial charge in [0.2, 0.25) is 0 Å². The summed E-state index contributed by atoms with van der Waals surface area (Å²) in [5, 5.41) is 6.81. The van der Waals surface area contributed by atoms with E-state index in [4.69, 9.17) is 0 Å². The Morgan fingerprint density at radius 1 is 1.42 bits per heavy atom. The fourth-order valence-electron chi connectivity index (χ4n) is 3.17. The highest BCUT2D eigenvalue weighted by Crippen LogP contribution is 2.43. The molecule has 106 valence electrons. The topological polar surface area (TPSA) is 15.3 Å². The molecule has 0 saturated carbocycles. The predicted octanol–water partition coefficient (Wildman–Crippen LogP) is 3.75. The van der Waals surface area contributed by atoms with Crippen LogP contribution in [-0.2, 0) is 0 Å². The summed E-state index contributed by atoms with van der Waals surface area (Å²) in [5.41, 5.74) is 1.54. The van der Waals surface area contributed by atoms with Crippen molar-refractivity contribution in [2.75, 3.05) is 19.6 Å². The molecule has 19 heavy (non-hydrogen) atoms. The standard InChI is InChI=1S/C15H24N2S2/c1-11(17-6-3-4-7-17)10-16-14-9-12(2)19-15-13(14)5-8-18-15/h5,8,11-12,14,16H,3-4,6-7,9-10H2,1-2H3/t11?,12-,14?/m0/s1. The largest absolute Gasteiger partial charge is 0.308 e. The summed E-state index contributed by atoms with van der Waals surface area (Å²) in [7, 11) is 0. The van der Waals surface area contributed by atoms with E-state index in [0.717, 1.165) is 11.8 Å². The van der Waals surface area contributed by atoms with Crippen LogP contribution >= 0.6 is 23.1 Å². The summed E-state index contributed by atoms with van der Waals surface area (Å²) in [5.74, 6) is 0. The van der Waals surface area contributed by atoms with E-state index in [1.54, 1.807) is 5.56 Å². The van der Waals surface area contributed by atoms with Crippen molar-refractivity contribution < 1.29 is 0 Å². The van der Waals surface area contributed by atoms with E-state index in [1.165, 1.54) is 36.6 Å². The van der Waals surface area contributed by atoms with E-state index in [0.29, 0.717) is 12.1 Å². The van der Waals surface area contributed by atoms with Crippen LogP contribution < -0.4 is 5.32 Å². The molecule has 2 unspecified atom stereocenters. The molecule has 2 nitrogen and oxygen atoms in total. The smallest absolute Gasteiger partial charge is 0.0649 e. The first-order valence-corrected chi connectivity index (χ1v) is 9.21. The number of rotatable bonds is 4. The number of nitrogens with zero attached hydrogens (tertiary/aromatic N) is 1. The summed E-state index contributed by atoms with van der Waals surface area (Å²) < 4.78 is 1.53. The van der Waals surface area contributed by atoms with Gasteiger partial charge in [-0.25, -0.2) is 0 Å². The Hall–Kier alpha value is -0.0300. The molecular weight excluding hydrogens is 272 g/mol. The lowest BCUT2D eigenvalue weighted by Crippen LogP contribution is -2.40. The second kappa shape index (κ2) is 6.17. The summed E-state index contributed by atoms with van der Waals surface area (Å²) >= 11 is 3.95. The van der Waals surface area contributed by atoms with Crippen molar-refractivity contribution in [3.05, 3.63) is 17.0 Å². The minimum atomic E-state index is 0.572. The molecule has 0 radical (unpaired) electrons. The van der Waals surface area contributed by atoms with E-state index >= 15 is 0 Å². The molecule has 1 aromatic rings. The monoisotopic (exact) mass is 296 g/mol. The molecule has 1 aromatic heterocycles. The summed E-state index contributed by atoms with van der Waals surface area (Å²) in [6.45, 7) is 8.43. The van der Waals surface area contributed by atoms with Crippen molar-refractivity contribution in [3.8, 4) is 0 Å². The number of fused-ring (bicyclic) bond motifs is 1. The molecule has 2 aliphatic heterocycles. The second-order valence-electron chi connectivity index (χ2n) is 5.88. The molecule has 3 atom stereocenters. The van der Waals surface area contributed by atoms with Gasteiger partial charge < -0.3 is 5.32 Å². The Morgan fingerprint density at radius 2 is 2.21 bits per heavy atom. The lowest BCUT2D eigenvalue weighted by molar-refractivity contribution is 0.244. The number of nitrogens with one attached hydrogen (secondary N) is 1. The predicted molar refractivity (Wildman–Crippen MR) is 85.3 cm³/mol. The summed E-state index contributed by atoms with van der Waals surface area (Å²) in [6.07, 6.45) is 4.04. The molecule has 0 bridgehead atoms. The molecule has 3 heterocycles. The van der Waals surface area contributed by atoms with Gasteiger partial charge in [0.1, 0.15) is 0 Å². The Morgan fingerprint density at radius 3 is 3.00 bits per heavy atom. The van der Waals surface area contributed by atoms with Crippen LogP contribution in [0.25, 0.3) is 0 Å². The number of thioether (sulfide) groups is 1. The Kier molecular flexibility index (Phi) is 4.52. The molecule has 2 aliphatic rings. The number of hydrogen-bond acceptors (Lipinski definition) is 4. The first-order chi connectivity index (χ1) is 9.24. The third kappa shape index (κ3) is 3.18. The van der Waals surface area contributed by atoms with Crippen molar-refractivity contribution in [1.29, 1.82) is 0 Å². The van der Waals surface area contributed by atoms with Gasteiger partial charge in [-0.2, -0.15) is 0 Å². The van der Waals surface area contributed by atoms with Crippen molar-refractivity contribution in [3.63, 3.8) is 0 Å². The van der Waals surface area contributed by atoms with Gasteiger partial charge in [0, 0.05) is 23.9 Å².